The summed E-state index contributed by atoms with van der Waals surface area (Å²) < 4.78 is 34.0. The molecule has 0 unspecified atom stereocenters. The van der Waals surface area contributed by atoms with E-state index in [0.717, 1.165) is 0 Å². The Balaban J connectivity index is 2.82. The van der Waals surface area contributed by atoms with E-state index in [9.17, 15) is 8.42 Å². The van der Waals surface area contributed by atoms with Gasteiger partial charge in [0.2, 0.25) is 0 Å². The van der Waals surface area contributed by atoms with Crippen LogP contribution < -0.4 is 9.47 Å². The summed E-state index contributed by atoms with van der Waals surface area (Å²) in [6, 6.07) is 3.28. The molecule has 0 amide bonds. The monoisotopic (exact) mass is 340 g/mol. The van der Waals surface area contributed by atoms with Gasteiger partial charge in [-0.15, -0.1) is 11.6 Å². The zero-order valence-electron chi connectivity index (χ0n) is 11.5. The minimum absolute atomic E-state index is 0.0334. The lowest BCUT2D eigenvalue weighted by Crippen LogP contribution is -2.17. The maximum atomic E-state index is 11.6. The highest BCUT2D eigenvalue weighted by atomic mass is 35.5. The summed E-state index contributed by atoms with van der Waals surface area (Å²) in [5, 5.41) is 0.489. The molecule has 4 nitrogen and oxygen atoms in total. The molecule has 0 aliphatic carbocycles. The van der Waals surface area contributed by atoms with E-state index < -0.39 is 9.84 Å². The fourth-order valence-electron chi connectivity index (χ4n) is 1.72. The van der Waals surface area contributed by atoms with Crippen LogP contribution in [0.3, 0.4) is 0 Å². The molecule has 0 atom stereocenters. The molecule has 0 bridgehead atoms. The van der Waals surface area contributed by atoms with Crippen LogP contribution >= 0.6 is 23.2 Å². The van der Waals surface area contributed by atoms with Gasteiger partial charge in [-0.05, 0) is 12.5 Å². The lowest BCUT2D eigenvalue weighted by Gasteiger charge is -2.14. The molecule has 0 aliphatic heterocycles. The van der Waals surface area contributed by atoms with Crippen LogP contribution in [0, 0.1) is 0 Å². The summed E-state index contributed by atoms with van der Waals surface area (Å²) in [6.07, 6.45) is 0.597. The molecule has 7 heteroatoms. The molecule has 0 aromatic heterocycles. The first kappa shape index (κ1) is 17.4. The van der Waals surface area contributed by atoms with E-state index in [1.807, 2.05) is 6.92 Å². The molecule has 1 aromatic rings. The molecular weight excluding hydrogens is 323 g/mol. The van der Waals surface area contributed by atoms with E-state index in [0.29, 0.717) is 28.5 Å². The second-order valence-electron chi connectivity index (χ2n) is 4.23. The van der Waals surface area contributed by atoms with E-state index in [2.05, 4.69) is 0 Å². The van der Waals surface area contributed by atoms with Gasteiger partial charge in [-0.3, -0.25) is 0 Å². The average molecular weight is 341 g/mol. The van der Waals surface area contributed by atoms with Crippen molar-refractivity contribution in [3.63, 3.8) is 0 Å². The number of ether oxygens (including phenoxy) is 2. The van der Waals surface area contributed by atoms with Gasteiger partial charge in [0.1, 0.15) is 6.61 Å². The van der Waals surface area contributed by atoms with Crippen molar-refractivity contribution in [3.8, 4) is 11.5 Å². The Morgan fingerprint density at radius 1 is 1.25 bits per heavy atom. The van der Waals surface area contributed by atoms with Crippen molar-refractivity contribution in [2.24, 2.45) is 0 Å². The fourth-order valence-corrected chi connectivity index (χ4v) is 3.31. The maximum Gasteiger partial charge on any atom is 0.165 e. The standard InChI is InChI=1S/C13H18Cl2O4S/c1-3-5-20(16,17)6-4-19-13-10(9-14)7-11(15)8-12(13)18-2/h7-8H,3-6,9H2,1-2H3. The number of sulfone groups is 1. The van der Waals surface area contributed by atoms with Crippen molar-refractivity contribution < 1.29 is 17.9 Å². The van der Waals surface area contributed by atoms with Gasteiger partial charge in [-0.25, -0.2) is 8.42 Å². The van der Waals surface area contributed by atoms with Gasteiger partial charge in [0, 0.05) is 16.7 Å². The number of hydrogen-bond donors (Lipinski definition) is 0. The predicted molar refractivity (Wildman–Crippen MR) is 82.0 cm³/mol. The molecular formula is C13H18Cl2O4S. The first-order valence-electron chi connectivity index (χ1n) is 6.19. The highest BCUT2D eigenvalue weighted by molar-refractivity contribution is 7.91. The second-order valence-corrected chi connectivity index (χ2v) is 7.24. The van der Waals surface area contributed by atoms with Gasteiger partial charge < -0.3 is 9.47 Å². The summed E-state index contributed by atoms with van der Waals surface area (Å²) in [5.41, 5.74) is 0.670. The van der Waals surface area contributed by atoms with Crippen LogP contribution in [-0.4, -0.2) is 33.6 Å². The summed E-state index contributed by atoms with van der Waals surface area (Å²) >= 11 is 11.8. The van der Waals surface area contributed by atoms with Gasteiger partial charge >= 0.3 is 0 Å². The molecule has 0 aliphatic rings. The van der Waals surface area contributed by atoms with E-state index in [1.165, 1.54) is 7.11 Å². The van der Waals surface area contributed by atoms with Crippen LogP contribution in [-0.2, 0) is 15.7 Å². The Morgan fingerprint density at radius 3 is 2.50 bits per heavy atom. The normalized spacial score (nSPS) is 11.4. The van der Waals surface area contributed by atoms with Gasteiger partial charge in [-0.1, -0.05) is 18.5 Å². The first-order valence-corrected chi connectivity index (χ1v) is 8.92. The smallest absolute Gasteiger partial charge is 0.165 e. The Labute approximate surface area is 129 Å². The topological polar surface area (TPSA) is 52.6 Å². The summed E-state index contributed by atoms with van der Waals surface area (Å²) in [5.74, 6) is 1.22. The summed E-state index contributed by atoms with van der Waals surface area (Å²) in [6.45, 7) is 1.89. The third-order valence-electron chi connectivity index (χ3n) is 2.62. The van der Waals surface area contributed by atoms with E-state index in [4.69, 9.17) is 32.7 Å². The number of hydrogen-bond acceptors (Lipinski definition) is 4. The van der Waals surface area contributed by atoms with Crippen LogP contribution in [0.2, 0.25) is 5.02 Å². The van der Waals surface area contributed by atoms with Gasteiger partial charge in [0.05, 0.1) is 24.5 Å². The van der Waals surface area contributed by atoms with Crippen LogP contribution in [0.1, 0.15) is 18.9 Å². The second kappa shape index (κ2) is 7.96. The number of benzene rings is 1. The van der Waals surface area contributed by atoms with Crippen molar-refractivity contribution in [2.45, 2.75) is 19.2 Å². The first-order chi connectivity index (χ1) is 9.43. The van der Waals surface area contributed by atoms with Gasteiger partial charge in [0.25, 0.3) is 0 Å². The average Bonchev–Trinajstić information content (AvgIpc) is 2.39. The highest BCUT2D eigenvalue weighted by Crippen LogP contribution is 2.35. The Bertz CT molecular complexity index is 518. The Kier molecular flexibility index (Phi) is 6.92. The van der Waals surface area contributed by atoms with Crippen molar-refractivity contribution in [2.75, 3.05) is 25.2 Å². The van der Waals surface area contributed by atoms with Crippen LogP contribution in [0.15, 0.2) is 12.1 Å². The zero-order chi connectivity index (χ0) is 15.2. The van der Waals surface area contributed by atoms with Crippen LogP contribution in [0.5, 0.6) is 11.5 Å². The predicted octanol–water partition coefficient (Wildman–Crippen LogP) is 3.29. The fraction of sp³-hybridized carbons (Fsp3) is 0.538. The summed E-state index contributed by atoms with van der Waals surface area (Å²) in [7, 11) is -1.58. The maximum absolute atomic E-state index is 11.6. The van der Waals surface area contributed by atoms with Crippen molar-refractivity contribution >= 4 is 33.0 Å². The molecule has 1 aromatic carbocycles. The van der Waals surface area contributed by atoms with Crippen molar-refractivity contribution in [1.29, 1.82) is 0 Å². The molecule has 0 spiro atoms. The molecule has 114 valence electrons. The van der Waals surface area contributed by atoms with Crippen LogP contribution in [0.4, 0.5) is 0 Å². The van der Waals surface area contributed by atoms with Crippen molar-refractivity contribution in [3.05, 3.63) is 22.7 Å². The molecule has 0 fully saturated rings. The zero-order valence-corrected chi connectivity index (χ0v) is 13.8. The minimum Gasteiger partial charge on any atom is -0.493 e. The third kappa shape index (κ3) is 5.04. The minimum atomic E-state index is -3.07. The van der Waals surface area contributed by atoms with Gasteiger partial charge in [0.15, 0.2) is 21.3 Å². The molecule has 0 saturated heterocycles. The van der Waals surface area contributed by atoms with Crippen LogP contribution in [0.25, 0.3) is 0 Å². The molecule has 1 rings (SSSR count). The summed E-state index contributed by atoms with van der Waals surface area (Å²) in [4.78, 5) is 0. The Morgan fingerprint density at radius 2 is 1.95 bits per heavy atom. The van der Waals surface area contributed by atoms with Gasteiger partial charge in [-0.2, -0.15) is 0 Å². The third-order valence-corrected chi connectivity index (χ3v) is 4.94. The Hall–Kier alpha value is -0.650. The van der Waals surface area contributed by atoms with E-state index in [-0.39, 0.29) is 24.0 Å². The number of rotatable bonds is 8. The molecule has 20 heavy (non-hydrogen) atoms. The lowest BCUT2D eigenvalue weighted by molar-refractivity contribution is 0.309. The molecule has 0 radical (unpaired) electrons. The highest BCUT2D eigenvalue weighted by Gasteiger charge is 2.14. The van der Waals surface area contributed by atoms with E-state index in [1.54, 1.807) is 12.1 Å². The quantitative estimate of drug-likeness (QED) is 0.681. The number of methoxy groups -OCH3 is 1. The lowest BCUT2D eigenvalue weighted by atomic mass is 10.2. The molecule has 0 N–H and O–H groups in total. The molecule has 0 heterocycles. The number of halogens is 2. The van der Waals surface area contributed by atoms with E-state index >= 15 is 0 Å². The number of alkyl halides is 1. The molecule has 0 saturated carbocycles. The SMILES string of the molecule is CCCS(=O)(=O)CCOc1c(CCl)cc(Cl)cc1OC. The largest absolute Gasteiger partial charge is 0.493 e. The van der Waals surface area contributed by atoms with Crippen molar-refractivity contribution in [1.82, 2.24) is 0 Å².